The van der Waals surface area contributed by atoms with Crippen LogP contribution in [0.15, 0.2) is 21.5 Å². The second kappa shape index (κ2) is 1.91. The van der Waals surface area contributed by atoms with Gasteiger partial charge in [0.2, 0.25) is 0 Å². The van der Waals surface area contributed by atoms with Crippen molar-refractivity contribution in [1.82, 2.24) is 0 Å². The summed E-state index contributed by atoms with van der Waals surface area (Å²) in [6, 6.07) is 0. The van der Waals surface area contributed by atoms with Gasteiger partial charge in [-0.15, -0.1) is 0 Å². The number of hydrogen-bond donors (Lipinski definition) is 1. The number of nitrogens with two attached hydrogens (primary N) is 1. The third-order valence-corrected chi connectivity index (χ3v) is 2.15. The lowest BCUT2D eigenvalue weighted by molar-refractivity contribution is 0.693. The zero-order valence-corrected chi connectivity index (χ0v) is 5.50. The smallest absolute Gasteiger partial charge is 0.0739 e. The average Bonchev–Trinajstić information content (AvgIpc) is 1.85. The van der Waals surface area contributed by atoms with Crippen molar-refractivity contribution in [3.05, 3.63) is 21.5 Å². The van der Waals surface area contributed by atoms with Gasteiger partial charge in [0.05, 0.1) is 21.5 Å². The van der Waals surface area contributed by atoms with E-state index in [0.717, 1.165) is 0 Å². The molecular weight excluding hydrogens is 146 g/mol. The molecule has 1 atom stereocenters. The summed E-state index contributed by atoms with van der Waals surface area (Å²) in [6.45, 7) is 0. The Labute approximate surface area is 54.5 Å². The Morgan fingerprint density at radius 2 is 2.25 bits per heavy atom. The summed E-state index contributed by atoms with van der Waals surface area (Å²) in [6.07, 6.45) is 0. The van der Waals surface area contributed by atoms with E-state index >= 15 is 0 Å². The Morgan fingerprint density at radius 3 is 2.38 bits per heavy atom. The van der Waals surface area contributed by atoms with Crippen LogP contribution in [0.1, 0.15) is 0 Å². The minimum Gasteiger partial charge on any atom is -0.397 e. The predicted octanol–water partition coefficient (Wildman–Crippen LogP) is 0.629. The normalized spacial score (nSPS) is 27.4. The van der Waals surface area contributed by atoms with E-state index in [1.165, 1.54) is 10.8 Å². The first kappa shape index (κ1) is 5.85. The molecule has 44 valence electrons. The molecule has 2 nitrogen and oxygen atoms in total. The Hall–Kier alpha value is -0.280. The van der Waals surface area contributed by atoms with Crippen LogP contribution in [0.3, 0.4) is 0 Å². The van der Waals surface area contributed by atoms with Crippen molar-refractivity contribution < 1.29 is 4.21 Å². The van der Waals surface area contributed by atoms with E-state index in [0.29, 0.717) is 10.7 Å². The molecule has 1 aliphatic rings. The van der Waals surface area contributed by atoms with E-state index in [1.807, 2.05) is 0 Å². The van der Waals surface area contributed by atoms with Crippen LogP contribution in [-0.4, -0.2) is 4.21 Å². The number of allylic oxidation sites excluding steroid dienone is 1. The fraction of sp³-hybridized carbons (Fsp3) is 0. The van der Waals surface area contributed by atoms with Crippen molar-refractivity contribution in [2.75, 3.05) is 0 Å². The maximum atomic E-state index is 10.5. The van der Waals surface area contributed by atoms with E-state index in [1.54, 1.807) is 0 Å². The molecule has 1 unspecified atom stereocenters. The predicted molar refractivity (Wildman–Crippen MR) is 34.3 cm³/mol. The minimum atomic E-state index is -1.06. The molecule has 0 aromatic rings. The van der Waals surface area contributed by atoms with Gasteiger partial charge in [0.25, 0.3) is 0 Å². The zero-order chi connectivity index (χ0) is 6.15. The van der Waals surface area contributed by atoms with E-state index in [2.05, 4.69) is 0 Å². The first-order valence-corrected chi connectivity index (χ1v) is 3.60. The molecule has 0 saturated heterocycles. The molecular formula is C4H4ClNOS. The van der Waals surface area contributed by atoms with E-state index in [-0.39, 0.29) is 0 Å². The molecule has 0 aromatic carbocycles. The van der Waals surface area contributed by atoms with Gasteiger partial charge in [-0.25, -0.2) is 0 Å². The SMILES string of the molecule is NC1=CS(=O)C=C1Cl. The van der Waals surface area contributed by atoms with Crippen molar-refractivity contribution in [2.45, 2.75) is 0 Å². The lowest BCUT2D eigenvalue weighted by atomic mass is 10.5. The third-order valence-electron chi connectivity index (χ3n) is 0.739. The van der Waals surface area contributed by atoms with Gasteiger partial charge in [-0.1, -0.05) is 11.6 Å². The van der Waals surface area contributed by atoms with Crippen LogP contribution in [0.2, 0.25) is 0 Å². The molecule has 1 aliphatic heterocycles. The van der Waals surface area contributed by atoms with Crippen LogP contribution in [-0.2, 0) is 10.8 Å². The molecule has 1 rings (SSSR count). The van der Waals surface area contributed by atoms with E-state index in [9.17, 15) is 4.21 Å². The van der Waals surface area contributed by atoms with E-state index in [4.69, 9.17) is 17.3 Å². The van der Waals surface area contributed by atoms with Gasteiger partial charge in [0, 0.05) is 10.8 Å². The highest BCUT2D eigenvalue weighted by molar-refractivity contribution is 7.91. The summed E-state index contributed by atoms with van der Waals surface area (Å²) in [5, 5.41) is 3.20. The van der Waals surface area contributed by atoms with Crippen molar-refractivity contribution >= 4 is 22.4 Å². The lowest BCUT2D eigenvalue weighted by Crippen LogP contribution is -1.91. The molecule has 0 radical (unpaired) electrons. The van der Waals surface area contributed by atoms with Gasteiger partial charge in [-0.05, 0) is 0 Å². The summed E-state index contributed by atoms with van der Waals surface area (Å²) in [4.78, 5) is 0. The lowest BCUT2D eigenvalue weighted by Gasteiger charge is -1.84. The van der Waals surface area contributed by atoms with Crippen molar-refractivity contribution in [1.29, 1.82) is 0 Å². The minimum absolute atomic E-state index is 0.392. The van der Waals surface area contributed by atoms with Crippen LogP contribution in [0.4, 0.5) is 0 Å². The van der Waals surface area contributed by atoms with Gasteiger partial charge in [0.1, 0.15) is 0 Å². The summed E-state index contributed by atoms with van der Waals surface area (Å²) in [5.74, 6) is 0. The van der Waals surface area contributed by atoms with Crippen LogP contribution in [0.5, 0.6) is 0 Å². The molecule has 2 N–H and O–H groups in total. The van der Waals surface area contributed by atoms with Gasteiger partial charge < -0.3 is 5.73 Å². The van der Waals surface area contributed by atoms with Gasteiger partial charge >= 0.3 is 0 Å². The summed E-state index contributed by atoms with van der Waals surface area (Å²) >= 11 is 5.43. The summed E-state index contributed by atoms with van der Waals surface area (Å²) in [7, 11) is -1.06. The maximum Gasteiger partial charge on any atom is 0.0739 e. The first-order chi connectivity index (χ1) is 3.70. The molecule has 8 heavy (non-hydrogen) atoms. The standard InChI is InChI=1S/C4H4ClNOS/c5-3-1-8(7)2-4(3)6/h1-2H,6H2. The largest absolute Gasteiger partial charge is 0.397 e. The second-order valence-electron chi connectivity index (χ2n) is 1.37. The van der Waals surface area contributed by atoms with Gasteiger partial charge in [0.15, 0.2) is 0 Å². The number of rotatable bonds is 0. The zero-order valence-electron chi connectivity index (χ0n) is 3.93. The highest BCUT2D eigenvalue weighted by Gasteiger charge is 2.06. The van der Waals surface area contributed by atoms with Crippen LogP contribution in [0, 0.1) is 0 Å². The Kier molecular flexibility index (Phi) is 1.40. The Bertz CT molecular complexity index is 176. The average molecular weight is 150 g/mol. The van der Waals surface area contributed by atoms with Crippen LogP contribution < -0.4 is 5.73 Å². The van der Waals surface area contributed by atoms with Crippen molar-refractivity contribution in [2.24, 2.45) is 5.73 Å². The highest BCUT2D eigenvalue weighted by Crippen LogP contribution is 2.17. The molecule has 1 heterocycles. The molecule has 4 heteroatoms. The number of hydrogen-bond acceptors (Lipinski definition) is 2. The molecule has 0 fully saturated rings. The van der Waals surface area contributed by atoms with Gasteiger partial charge in [-0.2, -0.15) is 0 Å². The highest BCUT2D eigenvalue weighted by atomic mass is 35.5. The molecule has 0 amide bonds. The first-order valence-electron chi connectivity index (χ1n) is 1.94. The van der Waals surface area contributed by atoms with Crippen molar-refractivity contribution in [3.63, 3.8) is 0 Å². The van der Waals surface area contributed by atoms with Gasteiger partial charge in [-0.3, -0.25) is 4.21 Å². The fourth-order valence-electron chi connectivity index (χ4n) is 0.385. The molecule has 0 spiro atoms. The van der Waals surface area contributed by atoms with Crippen LogP contribution >= 0.6 is 11.6 Å². The maximum absolute atomic E-state index is 10.5. The Morgan fingerprint density at radius 1 is 1.62 bits per heavy atom. The topological polar surface area (TPSA) is 43.1 Å². The molecule has 0 aliphatic carbocycles. The summed E-state index contributed by atoms with van der Waals surface area (Å²) in [5.41, 5.74) is 5.64. The van der Waals surface area contributed by atoms with Crippen molar-refractivity contribution in [3.8, 4) is 0 Å². The number of halogens is 1. The molecule has 0 saturated carbocycles. The second-order valence-corrected chi connectivity index (χ2v) is 2.90. The quantitative estimate of drug-likeness (QED) is 0.549. The molecule has 0 bridgehead atoms. The monoisotopic (exact) mass is 149 g/mol. The summed E-state index contributed by atoms with van der Waals surface area (Å²) < 4.78 is 10.5. The van der Waals surface area contributed by atoms with Crippen LogP contribution in [0.25, 0.3) is 0 Å². The fourth-order valence-corrected chi connectivity index (χ4v) is 1.55. The van der Waals surface area contributed by atoms with E-state index < -0.39 is 10.8 Å². The molecule has 0 aromatic heterocycles. The Balaban J connectivity index is 2.98. The third kappa shape index (κ3) is 0.928.